The summed E-state index contributed by atoms with van der Waals surface area (Å²) in [6.07, 6.45) is 5.81. The number of anilines is 1. The van der Waals surface area contributed by atoms with Crippen molar-refractivity contribution in [3.63, 3.8) is 0 Å². The van der Waals surface area contributed by atoms with E-state index in [9.17, 15) is 14.0 Å². The van der Waals surface area contributed by atoms with E-state index in [1.807, 2.05) is 0 Å². The van der Waals surface area contributed by atoms with Crippen molar-refractivity contribution in [1.82, 2.24) is 0 Å². The molecule has 0 aliphatic carbocycles. The molecular weight excluding hydrogens is 357 g/mol. The molecule has 0 saturated carbocycles. The number of para-hydroxylation sites is 1. The lowest BCUT2D eigenvalue weighted by Crippen LogP contribution is -2.39. The number of carbonyl (C=O) groups is 2. The second-order valence-corrected chi connectivity index (χ2v) is 5.68. The molecule has 7 nitrogen and oxygen atoms in total. The number of methoxy groups -OCH3 is 2. The van der Waals surface area contributed by atoms with Crippen molar-refractivity contribution < 1.29 is 32.9 Å². The van der Waals surface area contributed by atoms with Crippen LogP contribution in [0.3, 0.4) is 0 Å². The minimum Gasteiger partial charge on any atom is -0.480 e. The number of nitrogens with zero attached hydrogens (tertiary/aromatic N) is 1. The van der Waals surface area contributed by atoms with Gasteiger partial charge in [-0.25, -0.2) is 14.0 Å². The maximum Gasteiger partial charge on any atom is 0.355 e. The summed E-state index contributed by atoms with van der Waals surface area (Å²) in [6.45, 7) is 0.691. The molecule has 142 valence electrons. The van der Waals surface area contributed by atoms with Crippen LogP contribution in [-0.4, -0.2) is 45.5 Å². The number of esters is 2. The molecule has 27 heavy (non-hydrogen) atoms. The van der Waals surface area contributed by atoms with Crippen LogP contribution in [-0.2, 0) is 23.8 Å². The Bertz CT molecular complexity index is 841. The van der Waals surface area contributed by atoms with Gasteiger partial charge in [-0.15, -0.1) is 0 Å². The van der Waals surface area contributed by atoms with E-state index in [0.29, 0.717) is 13.2 Å². The lowest BCUT2D eigenvalue weighted by Gasteiger charge is -2.30. The fourth-order valence-electron chi connectivity index (χ4n) is 2.60. The van der Waals surface area contributed by atoms with Crippen LogP contribution in [0.2, 0.25) is 0 Å². The fourth-order valence-corrected chi connectivity index (χ4v) is 2.60. The molecule has 0 spiro atoms. The topological polar surface area (TPSA) is 74.3 Å². The minimum atomic E-state index is -0.784. The normalized spacial score (nSPS) is 16.6. The van der Waals surface area contributed by atoms with Crippen molar-refractivity contribution in [1.29, 1.82) is 0 Å². The summed E-state index contributed by atoms with van der Waals surface area (Å²) in [7, 11) is 2.39. The highest BCUT2D eigenvalue weighted by Crippen LogP contribution is 2.37. The smallest absolute Gasteiger partial charge is 0.355 e. The van der Waals surface area contributed by atoms with E-state index in [1.165, 1.54) is 43.5 Å². The van der Waals surface area contributed by atoms with Gasteiger partial charge < -0.3 is 23.8 Å². The van der Waals surface area contributed by atoms with Crippen LogP contribution in [0.25, 0.3) is 0 Å². The fraction of sp³-hybridized carbons (Fsp3) is 0.263. The Morgan fingerprint density at radius 1 is 1.15 bits per heavy atom. The van der Waals surface area contributed by atoms with Crippen molar-refractivity contribution in [3.05, 3.63) is 59.7 Å². The summed E-state index contributed by atoms with van der Waals surface area (Å²) in [4.78, 5) is 26.0. The van der Waals surface area contributed by atoms with Gasteiger partial charge in [0.25, 0.3) is 0 Å². The van der Waals surface area contributed by atoms with Crippen molar-refractivity contribution in [2.45, 2.75) is 6.10 Å². The summed E-state index contributed by atoms with van der Waals surface area (Å²) < 4.78 is 34.9. The number of hydrogen-bond acceptors (Lipinski definition) is 7. The van der Waals surface area contributed by atoms with Crippen molar-refractivity contribution in [2.75, 3.05) is 32.3 Å². The molecule has 0 bridgehead atoms. The SMILES string of the molecule is COC(=O)C1=C(C(=O)OC)N(c2cccc(F)c2OC2COC2)C=CC=C1. The molecule has 2 aliphatic rings. The van der Waals surface area contributed by atoms with E-state index in [-0.39, 0.29) is 28.8 Å². The third-order valence-corrected chi connectivity index (χ3v) is 3.99. The summed E-state index contributed by atoms with van der Waals surface area (Å²) in [6, 6.07) is 4.31. The predicted octanol–water partition coefficient (Wildman–Crippen LogP) is 2.09. The second kappa shape index (κ2) is 8.05. The van der Waals surface area contributed by atoms with Gasteiger partial charge in [0.1, 0.15) is 11.8 Å². The highest BCUT2D eigenvalue weighted by atomic mass is 19.1. The molecule has 0 radical (unpaired) electrons. The number of carbonyl (C=O) groups excluding carboxylic acids is 2. The van der Waals surface area contributed by atoms with E-state index in [4.69, 9.17) is 18.9 Å². The molecule has 0 amide bonds. The third kappa shape index (κ3) is 3.70. The highest BCUT2D eigenvalue weighted by molar-refractivity contribution is 6.05. The molecule has 1 aromatic rings. The molecule has 1 saturated heterocycles. The summed E-state index contributed by atoms with van der Waals surface area (Å²) in [5, 5.41) is 0. The van der Waals surface area contributed by atoms with E-state index in [0.717, 1.165) is 0 Å². The zero-order valence-corrected chi connectivity index (χ0v) is 14.8. The molecule has 1 fully saturated rings. The van der Waals surface area contributed by atoms with Crippen LogP contribution in [0.1, 0.15) is 0 Å². The molecule has 0 unspecified atom stereocenters. The Morgan fingerprint density at radius 2 is 1.89 bits per heavy atom. The molecule has 3 rings (SSSR count). The Kier molecular flexibility index (Phi) is 5.56. The molecule has 2 heterocycles. The van der Waals surface area contributed by atoms with E-state index < -0.39 is 17.8 Å². The average Bonchev–Trinajstić information content (AvgIpc) is 2.87. The van der Waals surface area contributed by atoms with Gasteiger partial charge in [-0.1, -0.05) is 12.1 Å². The molecule has 0 aromatic heterocycles. The Balaban J connectivity index is 2.14. The number of rotatable bonds is 5. The van der Waals surface area contributed by atoms with Crippen molar-refractivity contribution in [3.8, 4) is 5.75 Å². The van der Waals surface area contributed by atoms with Crippen molar-refractivity contribution in [2.24, 2.45) is 0 Å². The average molecular weight is 375 g/mol. The molecular formula is C19H18FNO6. The second-order valence-electron chi connectivity index (χ2n) is 5.68. The third-order valence-electron chi connectivity index (χ3n) is 3.99. The molecule has 0 N–H and O–H groups in total. The van der Waals surface area contributed by atoms with Crippen LogP contribution < -0.4 is 9.64 Å². The number of hydrogen-bond donors (Lipinski definition) is 0. The van der Waals surface area contributed by atoms with Crippen LogP contribution in [0.4, 0.5) is 10.1 Å². The first kappa shape index (κ1) is 18.7. The Labute approximate surface area is 155 Å². The largest absolute Gasteiger partial charge is 0.480 e. The van der Waals surface area contributed by atoms with Gasteiger partial charge >= 0.3 is 11.9 Å². The first-order valence-corrected chi connectivity index (χ1v) is 8.14. The van der Waals surface area contributed by atoms with Gasteiger partial charge in [-0.3, -0.25) is 0 Å². The quantitative estimate of drug-likeness (QED) is 0.730. The molecule has 1 aromatic carbocycles. The lowest BCUT2D eigenvalue weighted by molar-refractivity contribution is -0.139. The van der Waals surface area contributed by atoms with Crippen LogP contribution >= 0.6 is 0 Å². The van der Waals surface area contributed by atoms with E-state index >= 15 is 0 Å². The van der Waals surface area contributed by atoms with Crippen LogP contribution in [0.5, 0.6) is 5.75 Å². The van der Waals surface area contributed by atoms with Gasteiger partial charge in [0.05, 0.1) is 38.7 Å². The summed E-state index contributed by atoms with van der Waals surface area (Å²) >= 11 is 0. The number of allylic oxidation sites excluding steroid dienone is 2. The molecule has 8 heteroatoms. The van der Waals surface area contributed by atoms with Gasteiger partial charge in [-0.05, 0) is 24.3 Å². The highest BCUT2D eigenvalue weighted by Gasteiger charge is 2.31. The zero-order valence-electron chi connectivity index (χ0n) is 14.8. The van der Waals surface area contributed by atoms with Crippen LogP contribution in [0, 0.1) is 5.82 Å². The van der Waals surface area contributed by atoms with Gasteiger partial charge in [0.2, 0.25) is 0 Å². The number of benzene rings is 1. The zero-order chi connectivity index (χ0) is 19.4. The standard InChI is InChI=1S/C19H18FNO6/c1-24-18(22)13-6-3-4-9-21(16(13)19(23)25-2)15-8-5-7-14(20)17(15)27-12-10-26-11-12/h3-9,12H,10-11H2,1-2H3. The van der Waals surface area contributed by atoms with Crippen molar-refractivity contribution >= 4 is 17.6 Å². The van der Waals surface area contributed by atoms with Gasteiger partial charge in [0.15, 0.2) is 11.6 Å². The molecule has 0 atom stereocenters. The van der Waals surface area contributed by atoms with Gasteiger partial charge in [-0.2, -0.15) is 0 Å². The number of halogens is 1. The molecule has 2 aliphatic heterocycles. The Hall–Kier alpha value is -3.13. The first-order chi connectivity index (χ1) is 13.1. The summed E-state index contributed by atoms with van der Waals surface area (Å²) in [5.41, 5.74) is 0.0925. The first-order valence-electron chi connectivity index (χ1n) is 8.14. The lowest BCUT2D eigenvalue weighted by atomic mass is 10.1. The van der Waals surface area contributed by atoms with E-state index in [1.54, 1.807) is 18.2 Å². The summed E-state index contributed by atoms with van der Waals surface area (Å²) in [5.74, 6) is -2.17. The maximum absolute atomic E-state index is 14.5. The monoisotopic (exact) mass is 375 g/mol. The minimum absolute atomic E-state index is 0.0310. The van der Waals surface area contributed by atoms with Gasteiger partial charge in [0, 0.05) is 6.20 Å². The number of ether oxygens (including phenoxy) is 4. The maximum atomic E-state index is 14.5. The van der Waals surface area contributed by atoms with E-state index in [2.05, 4.69) is 0 Å². The Morgan fingerprint density at radius 3 is 2.52 bits per heavy atom. The predicted molar refractivity (Wildman–Crippen MR) is 93.5 cm³/mol. The van der Waals surface area contributed by atoms with Crippen LogP contribution in [0.15, 0.2) is 53.9 Å².